The first-order valence-electron chi connectivity index (χ1n) is 9.06. The van der Waals surface area contributed by atoms with Gasteiger partial charge in [0, 0.05) is 40.9 Å². The molecular formula is C22H18N2O3. The molecule has 5 heteroatoms. The van der Waals surface area contributed by atoms with Crippen molar-refractivity contribution in [3.63, 3.8) is 0 Å². The van der Waals surface area contributed by atoms with Crippen molar-refractivity contribution in [2.45, 2.75) is 25.2 Å². The molecule has 2 aromatic carbocycles. The lowest BCUT2D eigenvalue weighted by molar-refractivity contribution is -0.116. The molecule has 0 fully saturated rings. The number of nitrogens with zero attached hydrogens (tertiary/aromatic N) is 1. The third-order valence-electron chi connectivity index (χ3n) is 5.48. The van der Waals surface area contributed by atoms with Crippen molar-refractivity contribution in [1.29, 1.82) is 0 Å². The van der Waals surface area contributed by atoms with E-state index in [1.54, 1.807) is 18.3 Å². The maximum atomic E-state index is 12.9. The standard InChI is InChI=1S/C22H18N2O3/c25-17-9-6-12(11-19(17)27)20-21-13-3-2-10-23-14(13)7-8-16(21)24-15-4-1-5-18(26)22(15)20/h2-3,6-11,20,24-25,27H,1,4-5H2/t20-/m1/s1. The van der Waals surface area contributed by atoms with Crippen molar-refractivity contribution in [2.24, 2.45) is 0 Å². The van der Waals surface area contributed by atoms with Crippen molar-refractivity contribution < 1.29 is 15.0 Å². The number of carbonyl (C=O) groups is 1. The summed E-state index contributed by atoms with van der Waals surface area (Å²) >= 11 is 0. The van der Waals surface area contributed by atoms with Crippen LogP contribution in [-0.2, 0) is 4.79 Å². The van der Waals surface area contributed by atoms with Crippen LogP contribution < -0.4 is 5.32 Å². The van der Waals surface area contributed by atoms with E-state index in [2.05, 4.69) is 10.3 Å². The maximum absolute atomic E-state index is 12.9. The van der Waals surface area contributed by atoms with Crippen molar-refractivity contribution >= 4 is 22.4 Å². The van der Waals surface area contributed by atoms with Crippen LogP contribution in [0.2, 0.25) is 0 Å². The van der Waals surface area contributed by atoms with Gasteiger partial charge in [-0.3, -0.25) is 9.78 Å². The van der Waals surface area contributed by atoms with Crippen LogP contribution in [0.4, 0.5) is 5.69 Å². The molecule has 1 aromatic heterocycles. The molecule has 0 saturated carbocycles. The van der Waals surface area contributed by atoms with Gasteiger partial charge in [0.25, 0.3) is 0 Å². The number of pyridine rings is 1. The van der Waals surface area contributed by atoms with E-state index in [1.165, 1.54) is 6.07 Å². The number of anilines is 1. The van der Waals surface area contributed by atoms with Gasteiger partial charge in [-0.2, -0.15) is 0 Å². The number of aromatic nitrogens is 1. The highest BCUT2D eigenvalue weighted by Crippen LogP contribution is 2.48. The topological polar surface area (TPSA) is 82.5 Å². The number of phenolic OH excluding ortho intramolecular Hbond substituents is 2. The second-order valence-electron chi connectivity index (χ2n) is 7.07. The van der Waals surface area contributed by atoms with Crippen LogP contribution >= 0.6 is 0 Å². The van der Waals surface area contributed by atoms with Gasteiger partial charge in [-0.1, -0.05) is 12.1 Å². The fourth-order valence-electron chi connectivity index (χ4n) is 4.28. The molecule has 0 bridgehead atoms. The molecule has 0 unspecified atom stereocenters. The molecule has 0 amide bonds. The first kappa shape index (κ1) is 15.9. The SMILES string of the molecule is O=C1CCCC2=C1[C@H](c1ccc(O)c(O)c1)c1c(ccc3ncccc13)N2. The molecule has 2 aliphatic rings. The molecule has 1 atom stereocenters. The summed E-state index contributed by atoms with van der Waals surface area (Å²) in [5, 5.41) is 24.3. The first-order chi connectivity index (χ1) is 13.1. The Kier molecular flexibility index (Phi) is 3.44. The highest BCUT2D eigenvalue weighted by molar-refractivity contribution is 6.03. The molecule has 2 heterocycles. The lowest BCUT2D eigenvalue weighted by Crippen LogP contribution is -2.27. The summed E-state index contributed by atoms with van der Waals surface area (Å²) in [5.41, 5.74) is 5.31. The highest BCUT2D eigenvalue weighted by atomic mass is 16.3. The number of allylic oxidation sites excluding steroid dienone is 2. The van der Waals surface area contributed by atoms with E-state index in [1.807, 2.05) is 24.3 Å². The first-order valence-corrected chi connectivity index (χ1v) is 9.06. The number of hydrogen-bond donors (Lipinski definition) is 3. The van der Waals surface area contributed by atoms with Gasteiger partial charge in [-0.05, 0) is 54.3 Å². The maximum Gasteiger partial charge on any atom is 0.161 e. The van der Waals surface area contributed by atoms with Crippen LogP contribution in [0, 0.1) is 0 Å². The van der Waals surface area contributed by atoms with Crippen LogP contribution in [0.25, 0.3) is 10.9 Å². The summed E-state index contributed by atoms with van der Waals surface area (Å²) in [7, 11) is 0. The zero-order valence-corrected chi connectivity index (χ0v) is 14.6. The molecule has 134 valence electrons. The second kappa shape index (κ2) is 5.84. The van der Waals surface area contributed by atoms with Crippen molar-refractivity contribution in [3.8, 4) is 11.5 Å². The predicted octanol–water partition coefficient (Wildman–Crippen LogP) is 4.21. The average Bonchev–Trinajstić information content (AvgIpc) is 2.68. The second-order valence-corrected chi connectivity index (χ2v) is 7.07. The number of ketones is 1. The largest absolute Gasteiger partial charge is 0.504 e. The van der Waals surface area contributed by atoms with Crippen LogP contribution in [0.1, 0.15) is 36.3 Å². The Morgan fingerprint density at radius 1 is 1.04 bits per heavy atom. The molecule has 1 aliphatic heterocycles. The monoisotopic (exact) mass is 358 g/mol. The molecule has 3 aromatic rings. The Morgan fingerprint density at radius 3 is 2.78 bits per heavy atom. The summed E-state index contributed by atoms with van der Waals surface area (Å²) < 4.78 is 0. The fraction of sp³-hybridized carbons (Fsp3) is 0.182. The quantitative estimate of drug-likeness (QED) is 0.568. The zero-order valence-electron chi connectivity index (χ0n) is 14.6. The Labute approximate surface area is 156 Å². The van der Waals surface area contributed by atoms with Gasteiger partial charge in [-0.15, -0.1) is 0 Å². The number of aromatic hydroxyl groups is 2. The summed E-state index contributed by atoms with van der Waals surface area (Å²) in [4.78, 5) is 17.3. The summed E-state index contributed by atoms with van der Waals surface area (Å²) in [6.45, 7) is 0. The molecule has 5 nitrogen and oxygen atoms in total. The van der Waals surface area contributed by atoms with Gasteiger partial charge in [0.15, 0.2) is 17.3 Å². The number of nitrogens with one attached hydrogen (secondary N) is 1. The Bertz CT molecular complexity index is 1130. The number of carbonyl (C=O) groups excluding carboxylic acids is 1. The number of benzene rings is 2. The van der Waals surface area contributed by atoms with E-state index in [-0.39, 0.29) is 23.2 Å². The number of rotatable bonds is 1. The van der Waals surface area contributed by atoms with Crippen LogP contribution in [-0.4, -0.2) is 21.0 Å². The van der Waals surface area contributed by atoms with E-state index in [4.69, 9.17) is 0 Å². The smallest absolute Gasteiger partial charge is 0.161 e. The van der Waals surface area contributed by atoms with E-state index in [0.717, 1.165) is 51.8 Å². The average molecular weight is 358 g/mol. The summed E-state index contributed by atoms with van der Waals surface area (Å²) in [6.07, 6.45) is 3.94. The fourth-order valence-corrected chi connectivity index (χ4v) is 4.28. The van der Waals surface area contributed by atoms with Crippen LogP contribution in [0.5, 0.6) is 11.5 Å². The van der Waals surface area contributed by atoms with Gasteiger partial charge in [0.05, 0.1) is 5.52 Å². The molecule has 0 saturated heterocycles. The highest BCUT2D eigenvalue weighted by Gasteiger charge is 2.36. The van der Waals surface area contributed by atoms with Gasteiger partial charge < -0.3 is 15.5 Å². The van der Waals surface area contributed by atoms with Gasteiger partial charge in [0.1, 0.15) is 0 Å². The number of phenols is 2. The summed E-state index contributed by atoms with van der Waals surface area (Å²) in [6, 6.07) is 12.7. The number of Topliss-reactive ketones (excluding diaryl/α,β-unsaturated/α-hetero) is 1. The van der Waals surface area contributed by atoms with Gasteiger partial charge in [0.2, 0.25) is 0 Å². The third kappa shape index (κ3) is 2.39. The number of hydrogen-bond acceptors (Lipinski definition) is 5. The minimum Gasteiger partial charge on any atom is -0.504 e. The van der Waals surface area contributed by atoms with E-state index in [9.17, 15) is 15.0 Å². The molecule has 27 heavy (non-hydrogen) atoms. The van der Waals surface area contributed by atoms with Crippen LogP contribution in [0.3, 0.4) is 0 Å². The van der Waals surface area contributed by atoms with Crippen molar-refractivity contribution in [3.05, 3.63) is 71.1 Å². The minimum atomic E-state index is -0.302. The van der Waals surface area contributed by atoms with Crippen LogP contribution in [0.15, 0.2) is 59.9 Å². The van der Waals surface area contributed by atoms with E-state index < -0.39 is 0 Å². The third-order valence-corrected chi connectivity index (χ3v) is 5.48. The summed E-state index contributed by atoms with van der Waals surface area (Å²) in [5.74, 6) is -0.524. The lowest BCUT2D eigenvalue weighted by atomic mass is 9.74. The van der Waals surface area contributed by atoms with Gasteiger partial charge >= 0.3 is 0 Å². The number of fused-ring (bicyclic) bond motifs is 3. The predicted molar refractivity (Wildman–Crippen MR) is 103 cm³/mol. The molecular weight excluding hydrogens is 340 g/mol. The molecule has 0 radical (unpaired) electrons. The normalized spacial score (nSPS) is 18.8. The molecule has 1 aliphatic carbocycles. The van der Waals surface area contributed by atoms with Gasteiger partial charge in [-0.25, -0.2) is 0 Å². The van der Waals surface area contributed by atoms with Crippen molar-refractivity contribution in [1.82, 2.24) is 4.98 Å². The zero-order chi connectivity index (χ0) is 18.5. The van der Waals surface area contributed by atoms with E-state index in [0.29, 0.717) is 6.42 Å². The molecule has 3 N–H and O–H groups in total. The van der Waals surface area contributed by atoms with Crippen molar-refractivity contribution in [2.75, 3.05) is 5.32 Å². The molecule has 0 spiro atoms. The molecule has 5 rings (SSSR count). The van der Waals surface area contributed by atoms with E-state index >= 15 is 0 Å². The lowest BCUT2D eigenvalue weighted by Gasteiger charge is -2.34. The Balaban J connectivity index is 1.84. The Morgan fingerprint density at radius 2 is 1.93 bits per heavy atom. The Hall–Kier alpha value is -3.34. The minimum absolute atomic E-state index is 0.132.